The molecule has 0 fully saturated rings. The van der Waals surface area contributed by atoms with Gasteiger partial charge in [-0.15, -0.1) is 0 Å². The second-order valence-corrected chi connectivity index (χ2v) is 5.12. The number of hydrogen-bond acceptors (Lipinski definition) is 3. The zero-order valence-electron chi connectivity index (χ0n) is 10.0. The number of aliphatic hydroxyl groups excluding tert-OH is 1. The Morgan fingerprint density at radius 1 is 1.29 bits per heavy atom. The van der Waals surface area contributed by atoms with Crippen molar-refractivity contribution in [2.45, 2.75) is 26.0 Å². The van der Waals surface area contributed by atoms with Crippen molar-refractivity contribution in [1.82, 2.24) is 19.6 Å². The molecule has 0 saturated heterocycles. The van der Waals surface area contributed by atoms with Gasteiger partial charge in [0, 0.05) is 24.8 Å². The number of aromatic nitrogens is 4. The van der Waals surface area contributed by atoms with E-state index in [0.29, 0.717) is 0 Å². The van der Waals surface area contributed by atoms with Gasteiger partial charge in [0.05, 0.1) is 22.6 Å². The Hall–Kier alpha value is -1.14. The average Bonchev–Trinajstić information content (AvgIpc) is 2.83. The summed E-state index contributed by atoms with van der Waals surface area (Å²) in [5, 5.41) is 18.7. The maximum atomic E-state index is 10.4. The van der Waals surface area contributed by atoms with Gasteiger partial charge in [0.2, 0.25) is 0 Å². The van der Waals surface area contributed by atoms with Crippen LogP contribution in [0.5, 0.6) is 0 Å². The Labute approximate surface area is 108 Å². The first-order valence-corrected chi connectivity index (χ1v) is 6.19. The highest BCUT2D eigenvalue weighted by molar-refractivity contribution is 9.10. The van der Waals surface area contributed by atoms with Crippen molar-refractivity contribution >= 4 is 15.9 Å². The lowest BCUT2D eigenvalue weighted by Gasteiger charge is -2.15. The van der Waals surface area contributed by atoms with Gasteiger partial charge < -0.3 is 5.11 Å². The van der Waals surface area contributed by atoms with Gasteiger partial charge in [-0.25, -0.2) is 0 Å². The van der Waals surface area contributed by atoms with E-state index < -0.39 is 6.10 Å². The highest BCUT2D eigenvalue weighted by Gasteiger charge is 2.21. The van der Waals surface area contributed by atoms with Crippen LogP contribution in [0, 0.1) is 0 Å². The normalized spacial score (nSPS) is 13.3. The molecule has 17 heavy (non-hydrogen) atoms. The molecule has 2 heterocycles. The number of halogens is 1. The van der Waals surface area contributed by atoms with Gasteiger partial charge in [-0.1, -0.05) is 0 Å². The number of hydrogen-bond donors (Lipinski definition) is 1. The van der Waals surface area contributed by atoms with Crippen LogP contribution in [0.2, 0.25) is 0 Å². The first-order valence-electron chi connectivity index (χ1n) is 5.40. The van der Waals surface area contributed by atoms with Crippen LogP contribution in [0.4, 0.5) is 0 Å². The zero-order chi connectivity index (χ0) is 12.6. The van der Waals surface area contributed by atoms with E-state index in [9.17, 15) is 5.11 Å². The fourth-order valence-corrected chi connectivity index (χ4v) is 2.25. The highest BCUT2D eigenvalue weighted by Crippen LogP contribution is 2.29. The van der Waals surface area contributed by atoms with Crippen molar-refractivity contribution in [2.24, 2.45) is 7.05 Å². The summed E-state index contributed by atoms with van der Waals surface area (Å²) < 4.78 is 4.28. The molecule has 1 unspecified atom stereocenters. The maximum Gasteiger partial charge on any atom is 0.125 e. The Morgan fingerprint density at radius 2 is 2.00 bits per heavy atom. The number of aliphatic hydroxyl groups is 1. The molecule has 6 heteroatoms. The zero-order valence-corrected chi connectivity index (χ0v) is 11.6. The van der Waals surface area contributed by atoms with Gasteiger partial charge in [-0.3, -0.25) is 9.36 Å². The van der Waals surface area contributed by atoms with E-state index in [-0.39, 0.29) is 6.04 Å². The molecule has 5 nitrogen and oxygen atoms in total. The minimum Gasteiger partial charge on any atom is -0.382 e. The van der Waals surface area contributed by atoms with Gasteiger partial charge in [0.1, 0.15) is 6.10 Å². The predicted octanol–water partition coefficient (Wildman–Crippen LogP) is 2.04. The lowest BCUT2D eigenvalue weighted by Crippen LogP contribution is -2.12. The molecule has 0 aliphatic heterocycles. The molecule has 2 aromatic rings. The topological polar surface area (TPSA) is 55.9 Å². The molecule has 1 N–H and O–H groups in total. The summed E-state index contributed by atoms with van der Waals surface area (Å²) in [5.74, 6) is 0. The largest absolute Gasteiger partial charge is 0.382 e. The van der Waals surface area contributed by atoms with E-state index >= 15 is 0 Å². The molecule has 0 saturated carbocycles. The number of rotatable bonds is 3. The average molecular weight is 299 g/mol. The van der Waals surface area contributed by atoms with Crippen LogP contribution in [-0.4, -0.2) is 24.7 Å². The third-order valence-electron chi connectivity index (χ3n) is 2.58. The molecule has 0 aromatic carbocycles. The smallest absolute Gasteiger partial charge is 0.125 e. The summed E-state index contributed by atoms with van der Waals surface area (Å²) in [6.45, 7) is 4.05. The summed E-state index contributed by atoms with van der Waals surface area (Å²) in [5.41, 5.74) is 1.52. The van der Waals surface area contributed by atoms with Gasteiger partial charge in [0.25, 0.3) is 0 Å². The Morgan fingerprint density at radius 3 is 2.53 bits per heavy atom. The molecule has 92 valence electrons. The second kappa shape index (κ2) is 4.62. The molecule has 1 atom stereocenters. The Kier molecular flexibility index (Phi) is 3.35. The van der Waals surface area contributed by atoms with Crippen LogP contribution in [0.15, 0.2) is 23.1 Å². The number of nitrogens with zero attached hydrogens (tertiary/aromatic N) is 4. The minimum atomic E-state index is -0.719. The van der Waals surface area contributed by atoms with E-state index in [2.05, 4.69) is 26.1 Å². The standard InChI is InChI=1S/C11H15BrN4O/c1-7(2)16-10(9(12)5-14-16)11(17)8-4-13-15(3)6-8/h4-7,11,17H,1-3H3. The van der Waals surface area contributed by atoms with Gasteiger partial charge in [-0.2, -0.15) is 10.2 Å². The maximum absolute atomic E-state index is 10.4. The van der Waals surface area contributed by atoms with Gasteiger partial charge >= 0.3 is 0 Å². The van der Waals surface area contributed by atoms with Crippen molar-refractivity contribution in [3.8, 4) is 0 Å². The van der Waals surface area contributed by atoms with Crippen molar-refractivity contribution in [3.63, 3.8) is 0 Å². The Balaban J connectivity index is 2.43. The molecular weight excluding hydrogens is 284 g/mol. The summed E-state index contributed by atoms with van der Waals surface area (Å²) >= 11 is 3.42. The van der Waals surface area contributed by atoms with E-state index in [1.807, 2.05) is 25.6 Å². The van der Waals surface area contributed by atoms with Crippen molar-refractivity contribution in [2.75, 3.05) is 0 Å². The summed E-state index contributed by atoms with van der Waals surface area (Å²) in [7, 11) is 1.82. The molecule has 0 spiro atoms. The lowest BCUT2D eigenvalue weighted by molar-refractivity contribution is 0.204. The molecule has 0 amide bonds. The van der Waals surface area contributed by atoms with Crippen molar-refractivity contribution in [3.05, 3.63) is 34.3 Å². The first kappa shape index (κ1) is 12.3. The second-order valence-electron chi connectivity index (χ2n) is 4.27. The van der Waals surface area contributed by atoms with E-state index in [1.54, 1.807) is 23.3 Å². The van der Waals surface area contributed by atoms with E-state index in [4.69, 9.17) is 0 Å². The van der Waals surface area contributed by atoms with Gasteiger partial charge in [-0.05, 0) is 29.8 Å². The Bertz CT molecular complexity index is 517. The molecule has 2 aromatic heterocycles. The van der Waals surface area contributed by atoms with Crippen molar-refractivity contribution in [1.29, 1.82) is 0 Å². The quantitative estimate of drug-likeness (QED) is 0.943. The van der Waals surface area contributed by atoms with Crippen LogP contribution in [-0.2, 0) is 7.05 Å². The lowest BCUT2D eigenvalue weighted by atomic mass is 10.1. The highest BCUT2D eigenvalue weighted by atomic mass is 79.9. The molecule has 0 aliphatic rings. The summed E-state index contributed by atoms with van der Waals surface area (Å²) in [6.07, 6.45) is 4.45. The van der Waals surface area contributed by atoms with Crippen LogP contribution in [0.1, 0.15) is 37.3 Å². The molecular formula is C11H15BrN4O. The molecule has 2 rings (SSSR count). The van der Waals surface area contributed by atoms with E-state index in [1.165, 1.54) is 0 Å². The fraction of sp³-hybridized carbons (Fsp3) is 0.455. The first-order chi connectivity index (χ1) is 8.00. The third-order valence-corrected chi connectivity index (χ3v) is 3.19. The van der Waals surface area contributed by atoms with Crippen LogP contribution in [0.3, 0.4) is 0 Å². The number of aryl methyl sites for hydroxylation is 1. The SMILES string of the molecule is CC(C)n1ncc(Br)c1C(O)c1cnn(C)c1. The predicted molar refractivity (Wildman–Crippen MR) is 67.6 cm³/mol. The molecule has 0 aliphatic carbocycles. The van der Waals surface area contributed by atoms with Crippen LogP contribution >= 0.6 is 15.9 Å². The van der Waals surface area contributed by atoms with Crippen LogP contribution in [0.25, 0.3) is 0 Å². The van der Waals surface area contributed by atoms with Gasteiger partial charge in [0.15, 0.2) is 0 Å². The molecule has 0 radical (unpaired) electrons. The van der Waals surface area contributed by atoms with Crippen molar-refractivity contribution < 1.29 is 5.11 Å². The van der Waals surface area contributed by atoms with Crippen LogP contribution < -0.4 is 0 Å². The summed E-state index contributed by atoms with van der Waals surface area (Å²) in [4.78, 5) is 0. The fourth-order valence-electron chi connectivity index (χ4n) is 1.76. The van der Waals surface area contributed by atoms with E-state index in [0.717, 1.165) is 15.7 Å². The monoisotopic (exact) mass is 298 g/mol. The third kappa shape index (κ3) is 2.28. The minimum absolute atomic E-state index is 0.197. The summed E-state index contributed by atoms with van der Waals surface area (Å²) in [6, 6.07) is 0.197. The molecule has 0 bridgehead atoms.